The number of fused-ring (bicyclic) bond motifs is 2. The van der Waals surface area contributed by atoms with Gasteiger partial charge in [-0.05, 0) is 65.9 Å². The van der Waals surface area contributed by atoms with Crippen LogP contribution in [0.25, 0.3) is 0 Å². The van der Waals surface area contributed by atoms with E-state index in [1.54, 1.807) is 14.2 Å². The molecule has 0 radical (unpaired) electrons. The molecule has 0 bridgehead atoms. The molecule has 1 saturated heterocycles. The lowest BCUT2D eigenvalue weighted by Gasteiger charge is -2.41. The van der Waals surface area contributed by atoms with E-state index in [1.807, 2.05) is 113 Å². The number of hydrogen-bond donors (Lipinski definition) is 0. The fourth-order valence-corrected chi connectivity index (χ4v) is 6.25. The molecule has 4 aromatic carbocycles. The van der Waals surface area contributed by atoms with Crippen molar-refractivity contribution in [2.24, 2.45) is 0 Å². The first-order chi connectivity index (χ1) is 19.6. The van der Waals surface area contributed by atoms with E-state index in [4.69, 9.17) is 9.47 Å². The van der Waals surface area contributed by atoms with Gasteiger partial charge in [0.15, 0.2) is 0 Å². The van der Waals surface area contributed by atoms with Crippen molar-refractivity contribution in [3.05, 3.63) is 125 Å². The van der Waals surface area contributed by atoms with Crippen LogP contribution < -0.4 is 14.4 Å². The number of carbonyl (C=O) groups is 2. The van der Waals surface area contributed by atoms with Crippen LogP contribution in [0.4, 0.5) is 5.69 Å². The first kappa shape index (κ1) is 25.7. The highest BCUT2D eigenvalue weighted by Crippen LogP contribution is 2.45. The number of rotatable bonds is 7. The highest BCUT2D eigenvalue weighted by molar-refractivity contribution is 6.13. The van der Waals surface area contributed by atoms with Crippen molar-refractivity contribution in [2.45, 2.75) is 30.8 Å². The summed E-state index contributed by atoms with van der Waals surface area (Å²) in [7, 11) is 3.27. The predicted molar refractivity (Wildman–Crippen MR) is 155 cm³/mol. The largest absolute Gasteiger partial charge is 0.497 e. The van der Waals surface area contributed by atoms with E-state index in [-0.39, 0.29) is 11.8 Å². The number of anilines is 1. The van der Waals surface area contributed by atoms with Gasteiger partial charge >= 0.3 is 0 Å². The number of hydrogen-bond acceptors (Lipinski definition) is 4. The van der Waals surface area contributed by atoms with Crippen LogP contribution in [0.3, 0.4) is 0 Å². The van der Waals surface area contributed by atoms with Gasteiger partial charge in [0.05, 0.1) is 31.5 Å². The van der Waals surface area contributed by atoms with Crippen LogP contribution in [0.2, 0.25) is 0 Å². The van der Waals surface area contributed by atoms with E-state index in [0.717, 1.165) is 34.6 Å². The molecule has 40 heavy (non-hydrogen) atoms. The third-order valence-electron chi connectivity index (χ3n) is 8.21. The molecule has 6 nitrogen and oxygen atoms in total. The van der Waals surface area contributed by atoms with Crippen molar-refractivity contribution in [2.75, 3.05) is 25.7 Å². The summed E-state index contributed by atoms with van der Waals surface area (Å²) in [5, 5.41) is 0. The minimum absolute atomic E-state index is 0.0659. The Kier molecular flexibility index (Phi) is 6.76. The molecule has 6 rings (SSSR count). The molecule has 2 aliphatic heterocycles. The minimum atomic E-state index is -0.991. The molecular weight excluding hydrogens is 500 g/mol. The van der Waals surface area contributed by atoms with Gasteiger partial charge in [-0.25, -0.2) is 0 Å². The molecule has 2 amide bonds. The number of amides is 2. The monoisotopic (exact) mass is 532 g/mol. The average Bonchev–Trinajstić information content (AvgIpc) is 3.42. The van der Waals surface area contributed by atoms with E-state index in [1.165, 1.54) is 0 Å². The highest BCUT2D eigenvalue weighted by atomic mass is 16.5. The van der Waals surface area contributed by atoms with Crippen molar-refractivity contribution < 1.29 is 19.1 Å². The van der Waals surface area contributed by atoms with Gasteiger partial charge in [0.2, 0.25) is 0 Å². The Labute approximate surface area is 234 Å². The van der Waals surface area contributed by atoms with E-state index < -0.39 is 11.6 Å². The van der Waals surface area contributed by atoms with E-state index >= 15 is 4.79 Å². The molecule has 0 spiro atoms. The Morgan fingerprint density at radius 2 is 1.32 bits per heavy atom. The van der Waals surface area contributed by atoms with Crippen molar-refractivity contribution >= 4 is 17.5 Å². The standard InChI is InChI=1S/C34H32N2O4/c1-39-27-17-13-25(14-18-27)31(26-15-19-28(40-2)20-16-26)36-30-12-7-6-11-29(30)32(37)35-22-8-21-34(35,33(36)38)23-24-9-4-3-5-10-24/h3-7,9-20,31H,8,21-23H2,1-2H3/t34-/m1/s1. The predicted octanol–water partition coefficient (Wildman–Crippen LogP) is 6.06. The van der Waals surface area contributed by atoms with Crippen LogP contribution in [0.15, 0.2) is 103 Å². The van der Waals surface area contributed by atoms with Gasteiger partial charge in [0.1, 0.15) is 17.0 Å². The lowest BCUT2D eigenvalue weighted by molar-refractivity contribution is -0.128. The number of benzene rings is 4. The average molecular weight is 533 g/mol. The Bertz CT molecular complexity index is 1470. The van der Waals surface area contributed by atoms with Crippen LogP contribution in [-0.2, 0) is 11.2 Å². The Morgan fingerprint density at radius 1 is 0.750 bits per heavy atom. The molecule has 202 valence electrons. The van der Waals surface area contributed by atoms with Crippen LogP contribution >= 0.6 is 0 Å². The summed E-state index contributed by atoms with van der Waals surface area (Å²) in [5.41, 5.74) is 3.04. The molecule has 1 atom stereocenters. The van der Waals surface area contributed by atoms with E-state index in [0.29, 0.717) is 30.6 Å². The van der Waals surface area contributed by atoms with Crippen molar-refractivity contribution in [3.63, 3.8) is 0 Å². The molecule has 0 saturated carbocycles. The first-order valence-corrected chi connectivity index (χ1v) is 13.6. The second kappa shape index (κ2) is 10.5. The molecule has 4 aromatic rings. The maximum absolute atomic E-state index is 15.2. The van der Waals surface area contributed by atoms with Gasteiger partial charge in [-0.1, -0.05) is 66.7 Å². The molecule has 0 aliphatic carbocycles. The van der Waals surface area contributed by atoms with Crippen LogP contribution in [-0.4, -0.2) is 43.0 Å². The van der Waals surface area contributed by atoms with Gasteiger partial charge in [0, 0.05) is 13.0 Å². The zero-order valence-corrected chi connectivity index (χ0v) is 22.7. The summed E-state index contributed by atoms with van der Waals surface area (Å²) in [6.07, 6.45) is 1.84. The molecule has 6 heteroatoms. The number of para-hydroxylation sites is 1. The van der Waals surface area contributed by atoms with Crippen molar-refractivity contribution in [3.8, 4) is 11.5 Å². The lowest BCUT2D eigenvalue weighted by atomic mass is 9.85. The summed E-state index contributed by atoms with van der Waals surface area (Å²) < 4.78 is 10.9. The van der Waals surface area contributed by atoms with Crippen LogP contribution in [0, 0.1) is 0 Å². The minimum Gasteiger partial charge on any atom is -0.497 e. The third-order valence-corrected chi connectivity index (χ3v) is 8.21. The number of carbonyl (C=O) groups excluding carboxylic acids is 2. The van der Waals surface area contributed by atoms with Crippen molar-refractivity contribution in [1.82, 2.24) is 4.90 Å². The zero-order valence-electron chi connectivity index (χ0n) is 22.7. The second-order valence-electron chi connectivity index (χ2n) is 10.4. The quantitative estimate of drug-likeness (QED) is 0.290. The maximum Gasteiger partial charge on any atom is 0.256 e. The normalized spacial score (nSPS) is 18.4. The van der Waals surface area contributed by atoms with E-state index in [2.05, 4.69) is 0 Å². The maximum atomic E-state index is 15.2. The van der Waals surface area contributed by atoms with Crippen molar-refractivity contribution in [1.29, 1.82) is 0 Å². The summed E-state index contributed by atoms with van der Waals surface area (Å²) in [4.78, 5) is 33.1. The molecule has 0 aromatic heterocycles. The molecule has 2 aliphatic rings. The number of methoxy groups -OCH3 is 2. The summed E-state index contributed by atoms with van der Waals surface area (Å²) in [6, 6.07) is 32.6. The third kappa shape index (κ3) is 4.30. The molecular formula is C34H32N2O4. The summed E-state index contributed by atoms with van der Waals surface area (Å²) in [6.45, 7) is 0.551. The second-order valence-corrected chi connectivity index (χ2v) is 10.4. The lowest BCUT2D eigenvalue weighted by Crippen LogP contribution is -2.58. The van der Waals surface area contributed by atoms with Gasteiger partial charge < -0.3 is 14.4 Å². The van der Waals surface area contributed by atoms with Gasteiger partial charge in [-0.15, -0.1) is 0 Å². The van der Waals surface area contributed by atoms with Crippen LogP contribution in [0.1, 0.15) is 45.9 Å². The molecule has 0 unspecified atom stereocenters. The highest BCUT2D eigenvalue weighted by Gasteiger charge is 2.55. The Balaban J connectivity index is 1.58. The summed E-state index contributed by atoms with van der Waals surface area (Å²) in [5.74, 6) is 1.31. The summed E-state index contributed by atoms with van der Waals surface area (Å²) >= 11 is 0. The SMILES string of the molecule is COc1ccc(C(c2ccc(OC)cc2)N2C(=O)[C@]3(Cc4ccccc4)CCCN3C(=O)c3ccccc32)cc1. The van der Waals surface area contributed by atoms with Gasteiger partial charge in [0.25, 0.3) is 11.8 Å². The van der Waals surface area contributed by atoms with Gasteiger partial charge in [-0.3, -0.25) is 14.5 Å². The molecule has 0 N–H and O–H groups in total. The fourth-order valence-electron chi connectivity index (χ4n) is 6.25. The zero-order chi connectivity index (χ0) is 27.7. The molecule has 1 fully saturated rings. The number of nitrogens with zero attached hydrogens (tertiary/aromatic N) is 2. The Morgan fingerprint density at radius 3 is 1.93 bits per heavy atom. The topological polar surface area (TPSA) is 59.1 Å². The first-order valence-electron chi connectivity index (χ1n) is 13.6. The molecule has 2 heterocycles. The number of ether oxygens (including phenoxy) is 2. The van der Waals surface area contributed by atoms with E-state index in [9.17, 15) is 4.79 Å². The fraction of sp³-hybridized carbons (Fsp3) is 0.235. The Hall–Kier alpha value is -4.58. The van der Waals surface area contributed by atoms with Gasteiger partial charge in [-0.2, -0.15) is 0 Å². The van der Waals surface area contributed by atoms with Crippen LogP contribution in [0.5, 0.6) is 11.5 Å². The smallest absolute Gasteiger partial charge is 0.256 e.